The Morgan fingerprint density at radius 1 is 0.396 bits per heavy atom. The molecule has 0 atom stereocenters. The maximum Gasteiger partial charge on any atom is 0.164 e. The summed E-state index contributed by atoms with van der Waals surface area (Å²) in [5, 5.41) is 3.19. The van der Waals surface area contributed by atoms with Crippen LogP contribution in [0.25, 0.3) is 77.7 Å². The first-order chi connectivity index (χ1) is 23.8. The Labute approximate surface area is 276 Å². The van der Waals surface area contributed by atoms with Crippen LogP contribution in [0.4, 0.5) is 0 Å². The summed E-state index contributed by atoms with van der Waals surface area (Å²) >= 11 is 0. The van der Waals surface area contributed by atoms with E-state index in [1.54, 1.807) is 0 Å². The lowest BCUT2D eigenvalue weighted by Crippen LogP contribution is -2.26. The van der Waals surface area contributed by atoms with Crippen LogP contribution in [-0.4, -0.2) is 9.97 Å². The number of benzene rings is 7. The van der Waals surface area contributed by atoms with Gasteiger partial charge in [0.2, 0.25) is 0 Å². The molecule has 48 heavy (non-hydrogen) atoms. The molecule has 3 nitrogen and oxygen atoms in total. The van der Waals surface area contributed by atoms with Crippen molar-refractivity contribution in [3.8, 4) is 44.9 Å². The third-order valence-electron chi connectivity index (χ3n) is 10.5. The van der Waals surface area contributed by atoms with Crippen molar-refractivity contribution in [3.63, 3.8) is 0 Å². The third kappa shape index (κ3) is 3.18. The highest BCUT2D eigenvalue weighted by atomic mass is 16.3. The minimum absolute atomic E-state index is 0.493. The lowest BCUT2D eigenvalue weighted by atomic mass is 9.70. The van der Waals surface area contributed by atoms with E-state index in [0.29, 0.717) is 5.82 Å². The second-order valence-corrected chi connectivity index (χ2v) is 12.8. The zero-order valence-electron chi connectivity index (χ0n) is 25.8. The van der Waals surface area contributed by atoms with Crippen molar-refractivity contribution < 1.29 is 4.42 Å². The number of furan rings is 1. The van der Waals surface area contributed by atoms with E-state index in [1.165, 1.54) is 44.5 Å². The molecule has 0 saturated carbocycles. The van der Waals surface area contributed by atoms with Gasteiger partial charge >= 0.3 is 0 Å². The van der Waals surface area contributed by atoms with Crippen molar-refractivity contribution in [2.75, 3.05) is 0 Å². The maximum absolute atomic E-state index is 7.21. The highest BCUT2D eigenvalue weighted by Gasteiger charge is 2.53. The first kappa shape index (κ1) is 25.8. The van der Waals surface area contributed by atoms with Crippen molar-refractivity contribution in [1.82, 2.24) is 9.97 Å². The Kier molecular flexibility index (Phi) is 5.04. The lowest BCUT2D eigenvalue weighted by Gasteiger charge is -2.30. The maximum atomic E-state index is 7.21. The van der Waals surface area contributed by atoms with Crippen LogP contribution in [-0.2, 0) is 5.41 Å². The Morgan fingerprint density at radius 3 is 1.69 bits per heavy atom. The van der Waals surface area contributed by atoms with E-state index in [4.69, 9.17) is 14.4 Å². The number of fused-ring (bicyclic) bond motifs is 15. The van der Waals surface area contributed by atoms with Crippen LogP contribution >= 0.6 is 0 Å². The van der Waals surface area contributed by atoms with E-state index in [9.17, 15) is 0 Å². The summed E-state index contributed by atoms with van der Waals surface area (Å²) in [6.07, 6.45) is 0. The van der Waals surface area contributed by atoms with Crippen LogP contribution in [0.15, 0.2) is 162 Å². The lowest BCUT2D eigenvalue weighted by molar-refractivity contribution is 0.653. The standard InChI is InChI=1S/C45H26N2O/c1-2-13-27(14-3-1)41-34-18-7-11-24-39(34)46-44(47-41)35-20-12-19-32-33-26-25-31-30-17-6-10-23-38(30)45(40(31)43(33)48-42(32)35)36-21-8-4-15-28(36)29-16-5-9-22-37(29)45/h1-26H. The predicted octanol–water partition coefficient (Wildman–Crippen LogP) is 11.2. The molecule has 0 unspecified atom stereocenters. The smallest absolute Gasteiger partial charge is 0.164 e. The number of aromatic nitrogens is 2. The number of hydrogen-bond donors (Lipinski definition) is 0. The van der Waals surface area contributed by atoms with Crippen LogP contribution in [0, 0.1) is 0 Å². The predicted molar refractivity (Wildman–Crippen MR) is 194 cm³/mol. The van der Waals surface area contributed by atoms with Crippen LogP contribution in [0.3, 0.4) is 0 Å². The van der Waals surface area contributed by atoms with Crippen molar-refractivity contribution in [2.45, 2.75) is 5.41 Å². The molecule has 0 N–H and O–H groups in total. The summed E-state index contributed by atoms with van der Waals surface area (Å²) in [6, 6.07) is 56.2. The van der Waals surface area contributed by atoms with Crippen molar-refractivity contribution >= 4 is 32.8 Å². The minimum Gasteiger partial charge on any atom is -0.455 e. The van der Waals surface area contributed by atoms with E-state index < -0.39 is 5.41 Å². The third-order valence-corrected chi connectivity index (χ3v) is 10.5. The van der Waals surface area contributed by atoms with Gasteiger partial charge in [-0.3, -0.25) is 0 Å². The zero-order chi connectivity index (χ0) is 31.4. The zero-order valence-corrected chi connectivity index (χ0v) is 25.8. The van der Waals surface area contributed by atoms with E-state index in [-0.39, 0.29) is 0 Å². The molecule has 2 heterocycles. The van der Waals surface area contributed by atoms with E-state index in [1.807, 2.05) is 18.2 Å². The van der Waals surface area contributed by atoms with Crippen LogP contribution in [0.5, 0.6) is 0 Å². The fraction of sp³-hybridized carbons (Fsp3) is 0.0222. The molecule has 0 bridgehead atoms. The van der Waals surface area contributed by atoms with Gasteiger partial charge in [0.1, 0.15) is 11.2 Å². The molecule has 0 saturated heterocycles. The second kappa shape index (κ2) is 9.37. The molecule has 0 amide bonds. The fourth-order valence-electron chi connectivity index (χ4n) is 8.62. The molecule has 7 aromatic carbocycles. The Hall–Kier alpha value is -6.32. The first-order valence-electron chi connectivity index (χ1n) is 16.4. The SMILES string of the molecule is c1ccc(-c2nc(-c3cccc4c3oc3c5c(ccc34)-c3ccccc3C53c4ccccc4-c4ccccc43)nc3ccccc23)cc1. The Morgan fingerprint density at radius 2 is 0.958 bits per heavy atom. The molecule has 2 aliphatic carbocycles. The van der Waals surface area contributed by atoms with Gasteiger partial charge in [-0.1, -0.05) is 140 Å². The van der Waals surface area contributed by atoms with Gasteiger partial charge in [0, 0.05) is 27.3 Å². The van der Waals surface area contributed by atoms with Gasteiger partial charge in [0.05, 0.1) is 22.2 Å². The van der Waals surface area contributed by atoms with Gasteiger partial charge in [-0.15, -0.1) is 0 Å². The molecule has 3 heteroatoms. The summed E-state index contributed by atoms with van der Waals surface area (Å²) in [6.45, 7) is 0. The molecule has 0 aliphatic heterocycles. The van der Waals surface area contributed by atoms with Gasteiger partial charge in [-0.25, -0.2) is 9.97 Å². The van der Waals surface area contributed by atoms with Gasteiger partial charge < -0.3 is 4.42 Å². The van der Waals surface area contributed by atoms with E-state index >= 15 is 0 Å². The number of rotatable bonds is 2. The number of para-hydroxylation sites is 2. The normalized spacial score (nSPS) is 13.6. The van der Waals surface area contributed by atoms with Crippen molar-refractivity contribution in [2.24, 2.45) is 0 Å². The summed E-state index contributed by atoms with van der Waals surface area (Å²) in [7, 11) is 0. The quantitative estimate of drug-likeness (QED) is 0.195. The topological polar surface area (TPSA) is 38.9 Å². The molecule has 2 aliphatic rings. The number of hydrogen-bond acceptors (Lipinski definition) is 3. The molecular weight excluding hydrogens is 585 g/mol. The van der Waals surface area contributed by atoms with Crippen LogP contribution in [0.1, 0.15) is 22.3 Å². The van der Waals surface area contributed by atoms with Crippen molar-refractivity contribution in [3.05, 3.63) is 180 Å². The summed E-state index contributed by atoms with van der Waals surface area (Å²) < 4.78 is 7.21. The van der Waals surface area contributed by atoms with E-state index in [0.717, 1.165) is 49.7 Å². The molecule has 222 valence electrons. The fourth-order valence-corrected chi connectivity index (χ4v) is 8.62. The monoisotopic (exact) mass is 610 g/mol. The van der Waals surface area contributed by atoms with Gasteiger partial charge in [0.15, 0.2) is 5.82 Å². The molecule has 2 aromatic heterocycles. The van der Waals surface area contributed by atoms with Gasteiger partial charge in [-0.2, -0.15) is 0 Å². The number of nitrogens with zero attached hydrogens (tertiary/aromatic N) is 2. The molecule has 0 fully saturated rings. The summed E-state index contributed by atoms with van der Waals surface area (Å²) in [4.78, 5) is 10.3. The molecule has 0 radical (unpaired) electrons. The minimum atomic E-state index is -0.493. The molecule has 9 aromatic rings. The summed E-state index contributed by atoms with van der Waals surface area (Å²) in [5.74, 6) is 0.656. The van der Waals surface area contributed by atoms with Crippen LogP contribution in [0.2, 0.25) is 0 Å². The van der Waals surface area contributed by atoms with Crippen molar-refractivity contribution in [1.29, 1.82) is 0 Å². The average Bonchev–Trinajstić information content (AvgIpc) is 3.79. The summed E-state index contributed by atoms with van der Waals surface area (Å²) in [5.41, 5.74) is 15.2. The van der Waals surface area contributed by atoms with Gasteiger partial charge in [-0.05, 0) is 57.1 Å². The average molecular weight is 611 g/mol. The highest BCUT2D eigenvalue weighted by molar-refractivity contribution is 6.14. The highest BCUT2D eigenvalue weighted by Crippen LogP contribution is 2.64. The second-order valence-electron chi connectivity index (χ2n) is 12.8. The Bertz CT molecular complexity index is 2730. The molecule has 11 rings (SSSR count). The molecule has 1 spiro atoms. The largest absolute Gasteiger partial charge is 0.455 e. The van der Waals surface area contributed by atoms with E-state index in [2.05, 4.69) is 140 Å². The first-order valence-corrected chi connectivity index (χ1v) is 16.4. The molecular formula is C45H26N2O. The van der Waals surface area contributed by atoms with Gasteiger partial charge in [0.25, 0.3) is 0 Å². The van der Waals surface area contributed by atoms with Crippen LogP contribution < -0.4 is 0 Å². The Balaban J connectivity index is 1.25.